The van der Waals surface area contributed by atoms with Gasteiger partial charge in [-0.1, -0.05) is 0 Å². The maximum Gasteiger partial charge on any atom is 0.407 e. The number of alkyl carbamates (subject to hydrolysis) is 1. The first kappa shape index (κ1) is 17.5. The predicted octanol–water partition coefficient (Wildman–Crippen LogP) is 0.303. The summed E-state index contributed by atoms with van der Waals surface area (Å²) in [4.78, 5) is 37.3. The van der Waals surface area contributed by atoms with Gasteiger partial charge in [0.2, 0.25) is 5.91 Å². The second-order valence-electron chi connectivity index (χ2n) is 5.95. The van der Waals surface area contributed by atoms with Gasteiger partial charge in [-0.2, -0.15) is 0 Å². The zero-order valence-electron chi connectivity index (χ0n) is 13.6. The summed E-state index contributed by atoms with van der Waals surface area (Å²) in [5, 5.41) is 2.36. The highest BCUT2D eigenvalue weighted by atomic mass is 16.5. The first-order chi connectivity index (χ1) is 11.0. The summed E-state index contributed by atoms with van der Waals surface area (Å²) in [7, 11) is 1.23. The number of ether oxygens (including phenoxy) is 3. The molecule has 0 aromatic carbocycles. The van der Waals surface area contributed by atoms with Crippen molar-refractivity contribution in [3.8, 4) is 0 Å². The quantitative estimate of drug-likeness (QED) is 0.746. The van der Waals surface area contributed by atoms with E-state index in [2.05, 4.69) is 10.1 Å². The standard InChI is InChI=1S/C15H24N2O6/c1-3-23-13(19)11-8-15(4-6-22-7-5-15)10-17(11)12(18)9-16-14(20)21-2/h11H,3-10H2,1-2H3,(H,16,20). The number of carbonyl (C=O) groups is 3. The van der Waals surface area contributed by atoms with Crippen LogP contribution in [-0.2, 0) is 23.8 Å². The van der Waals surface area contributed by atoms with Gasteiger partial charge in [0.25, 0.3) is 0 Å². The molecular formula is C15H24N2O6. The average molecular weight is 328 g/mol. The first-order valence-corrected chi connectivity index (χ1v) is 7.87. The van der Waals surface area contributed by atoms with E-state index in [9.17, 15) is 14.4 Å². The monoisotopic (exact) mass is 328 g/mol. The predicted molar refractivity (Wildman–Crippen MR) is 79.6 cm³/mol. The zero-order valence-corrected chi connectivity index (χ0v) is 13.6. The molecule has 8 heteroatoms. The third-order valence-electron chi connectivity index (χ3n) is 4.51. The number of esters is 1. The van der Waals surface area contributed by atoms with Crippen molar-refractivity contribution >= 4 is 18.0 Å². The van der Waals surface area contributed by atoms with Gasteiger partial charge in [-0.15, -0.1) is 0 Å². The SMILES string of the molecule is CCOC(=O)C1CC2(CCOCC2)CN1C(=O)CNC(=O)OC. The van der Waals surface area contributed by atoms with E-state index in [1.54, 1.807) is 6.92 Å². The molecule has 2 heterocycles. The van der Waals surface area contributed by atoms with Crippen LogP contribution in [0.25, 0.3) is 0 Å². The van der Waals surface area contributed by atoms with Crippen LogP contribution in [0.1, 0.15) is 26.2 Å². The number of amides is 2. The Kier molecular flexibility index (Phi) is 5.81. The zero-order chi connectivity index (χ0) is 16.9. The van der Waals surface area contributed by atoms with Crippen LogP contribution in [0.4, 0.5) is 4.79 Å². The second kappa shape index (κ2) is 7.63. The normalized spacial score (nSPS) is 22.7. The number of nitrogens with zero attached hydrogens (tertiary/aromatic N) is 1. The molecule has 2 fully saturated rings. The van der Waals surface area contributed by atoms with Crippen molar-refractivity contribution in [1.82, 2.24) is 10.2 Å². The van der Waals surface area contributed by atoms with Crippen LogP contribution in [0.15, 0.2) is 0 Å². The molecule has 1 atom stereocenters. The maximum absolute atomic E-state index is 12.4. The van der Waals surface area contributed by atoms with Gasteiger partial charge in [-0.05, 0) is 31.6 Å². The number of rotatable bonds is 4. The minimum absolute atomic E-state index is 0.101. The van der Waals surface area contributed by atoms with E-state index in [1.165, 1.54) is 12.0 Å². The summed E-state index contributed by atoms with van der Waals surface area (Å²) in [5.41, 5.74) is -0.101. The summed E-state index contributed by atoms with van der Waals surface area (Å²) in [6, 6.07) is -0.597. The highest BCUT2D eigenvalue weighted by Gasteiger charge is 2.49. The number of nitrogens with one attached hydrogen (secondary N) is 1. The van der Waals surface area contributed by atoms with Crippen LogP contribution in [-0.4, -0.2) is 68.9 Å². The van der Waals surface area contributed by atoms with Crippen molar-refractivity contribution in [2.24, 2.45) is 5.41 Å². The molecule has 2 rings (SSSR count). The van der Waals surface area contributed by atoms with Crippen molar-refractivity contribution < 1.29 is 28.6 Å². The Morgan fingerprint density at radius 1 is 1.30 bits per heavy atom. The maximum atomic E-state index is 12.4. The Morgan fingerprint density at radius 3 is 2.61 bits per heavy atom. The lowest BCUT2D eigenvalue weighted by Gasteiger charge is -2.32. The van der Waals surface area contributed by atoms with E-state index in [0.29, 0.717) is 26.2 Å². The lowest BCUT2D eigenvalue weighted by Crippen LogP contribution is -2.46. The fourth-order valence-electron chi connectivity index (χ4n) is 3.26. The van der Waals surface area contributed by atoms with Gasteiger partial charge in [-0.3, -0.25) is 4.79 Å². The van der Waals surface area contributed by atoms with Crippen molar-refractivity contribution in [2.75, 3.05) is 40.0 Å². The molecule has 0 aromatic heterocycles. The van der Waals surface area contributed by atoms with Gasteiger partial charge >= 0.3 is 12.1 Å². The number of likely N-dealkylation sites (tertiary alicyclic amines) is 1. The van der Waals surface area contributed by atoms with Crippen molar-refractivity contribution in [3.63, 3.8) is 0 Å². The van der Waals surface area contributed by atoms with Crippen LogP contribution in [0.3, 0.4) is 0 Å². The molecular weight excluding hydrogens is 304 g/mol. The summed E-state index contributed by atoms with van der Waals surface area (Å²) >= 11 is 0. The number of hydrogen-bond donors (Lipinski definition) is 1. The Bertz CT molecular complexity index is 461. The van der Waals surface area contributed by atoms with Crippen molar-refractivity contribution in [3.05, 3.63) is 0 Å². The highest BCUT2D eigenvalue weighted by molar-refractivity contribution is 5.88. The Morgan fingerprint density at radius 2 is 2.00 bits per heavy atom. The van der Waals surface area contributed by atoms with E-state index in [-0.39, 0.29) is 30.4 Å². The molecule has 2 amide bonds. The third-order valence-corrected chi connectivity index (χ3v) is 4.51. The van der Waals surface area contributed by atoms with Gasteiger partial charge in [0.05, 0.1) is 13.7 Å². The molecule has 0 aromatic rings. The molecule has 8 nitrogen and oxygen atoms in total. The lowest BCUT2D eigenvalue weighted by molar-refractivity contribution is -0.152. The van der Waals surface area contributed by atoms with Gasteiger partial charge in [0, 0.05) is 19.8 Å². The first-order valence-electron chi connectivity index (χ1n) is 7.87. The van der Waals surface area contributed by atoms with Crippen molar-refractivity contribution in [1.29, 1.82) is 0 Å². The van der Waals surface area contributed by atoms with Crippen LogP contribution in [0.5, 0.6) is 0 Å². The average Bonchev–Trinajstić information content (AvgIpc) is 2.92. The number of carbonyl (C=O) groups excluding carboxylic acids is 3. The summed E-state index contributed by atoms with van der Waals surface area (Å²) in [6.07, 6.45) is 1.54. The fraction of sp³-hybridized carbons (Fsp3) is 0.800. The fourth-order valence-corrected chi connectivity index (χ4v) is 3.26. The van der Waals surface area contributed by atoms with E-state index < -0.39 is 12.1 Å². The molecule has 2 aliphatic rings. The summed E-state index contributed by atoms with van der Waals surface area (Å²) < 4.78 is 15.0. The number of hydrogen-bond acceptors (Lipinski definition) is 6. The molecule has 2 aliphatic heterocycles. The number of methoxy groups -OCH3 is 1. The largest absolute Gasteiger partial charge is 0.464 e. The van der Waals surface area contributed by atoms with Crippen LogP contribution >= 0.6 is 0 Å². The topological polar surface area (TPSA) is 94.2 Å². The van der Waals surface area contributed by atoms with Crippen LogP contribution < -0.4 is 5.32 Å². The molecule has 0 aliphatic carbocycles. The summed E-state index contributed by atoms with van der Waals surface area (Å²) in [6.45, 7) is 3.57. The minimum atomic E-state index is -0.675. The van der Waals surface area contributed by atoms with Crippen LogP contribution in [0.2, 0.25) is 0 Å². The van der Waals surface area contributed by atoms with E-state index in [4.69, 9.17) is 9.47 Å². The highest BCUT2D eigenvalue weighted by Crippen LogP contribution is 2.43. The Labute approximate surface area is 135 Å². The Hall–Kier alpha value is -1.83. The third kappa shape index (κ3) is 4.13. The van der Waals surface area contributed by atoms with Gasteiger partial charge in [-0.25, -0.2) is 9.59 Å². The molecule has 130 valence electrons. The molecule has 0 radical (unpaired) electrons. The van der Waals surface area contributed by atoms with E-state index in [1.807, 2.05) is 0 Å². The van der Waals surface area contributed by atoms with Crippen LogP contribution in [0, 0.1) is 5.41 Å². The molecule has 1 spiro atoms. The summed E-state index contributed by atoms with van der Waals surface area (Å²) in [5.74, 6) is -0.695. The molecule has 2 saturated heterocycles. The molecule has 23 heavy (non-hydrogen) atoms. The molecule has 0 bridgehead atoms. The molecule has 1 N–H and O–H groups in total. The molecule has 0 saturated carbocycles. The lowest BCUT2D eigenvalue weighted by atomic mass is 9.78. The Balaban J connectivity index is 2.07. The molecule has 1 unspecified atom stereocenters. The van der Waals surface area contributed by atoms with E-state index in [0.717, 1.165) is 12.8 Å². The van der Waals surface area contributed by atoms with Gasteiger partial charge < -0.3 is 24.4 Å². The smallest absolute Gasteiger partial charge is 0.407 e. The van der Waals surface area contributed by atoms with Gasteiger partial charge in [0.1, 0.15) is 12.6 Å². The second-order valence-corrected chi connectivity index (χ2v) is 5.95. The van der Waals surface area contributed by atoms with E-state index >= 15 is 0 Å². The van der Waals surface area contributed by atoms with Crippen molar-refractivity contribution in [2.45, 2.75) is 32.2 Å². The minimum Gasteiger partial charge on any atom is -0.464 e. The van der Waals surface area contributed by atoms with Gasteiger partial charge in [0.15, 0.2) is 0 Å².